The molecule has 0 bridgehead atoms. The topological polar surface area (TPSA) is 39.1 Å². The maximum atomic E-state index is 12.8. The van der Waals surface area contributed by atoms with E-state index in [2.05, 4.69) is 21.2 Å². The van der Waals surface area contributed by atoms with E-state index in [0.29, 0.717) is 4.47 Å². The Morgan fingerprint density at radius 1 is 1.07 bits per heavy atom. The van der Waals surface area contributed by atoms with Gasteiger partial charge in [-0.05, 0) is 64.1 Å². The van der Waals surface area contributed by atoms with Gasteiger partial charge in [0.25, 0.3) is 0 Å². The largest absolute Gasteiger partial charge is 0.446 e. The second-order valence-electron chi connectivity index (χ2n) is 5.27. The van der Waals surface area contributed by atoms with Crippen LogP contribution in [0.4, 0.5) is 37.7 Å². The number of guanidine groups is 1. The summed E-state index contributed by atoms with van der Waals surface area (Å²) in [6.07, 6.45) is -4.53. The molecule has 0 saturated heterocycles. The highest BCUT2D eigenvalue weighted by atomic mass is 79.9. The van der Waals surface area contributed by atoms with E-state index in [1.807, 2.05) is 0 Å². The third-order valence-electron chi connectivity index (χ3n) is 3.30. The van der Waals surface area contributed by atoms with Crippen LogP contribution in [-0.2, 0) is 6.18 Å². The maximum absolute atomic E-state index is 12.8. The number of benzene rings is 2. The molecular formula is C16H12BrF6N3S. The summed E-state index contributed by atoms with van der Waals surface area (Å²) in [5.41, 5.74) is -5.08. The number of anilines is 2. The van der Waals surface area contributed by atoms with E-state index in [0.717, 1.165) is 12.1 Å². The van der Waals surface area contributed by atoms with Gasteiger partial charge in [0, 0.05) is 22.1 Å². The van der Waals surface area contributed by atoms with Crippen LogP contribution in [0.5, 0.6) is 0 Å². The highest BCUT2D eigenvalue weighted by molar-refractivity contribution is 9.10. The summed E-state index contributed by atoms with van der Waals surface area (Å²) in [6.45, 7) is 0. The standard InChI is InChI=1S/C16H12BrF6N3S/c1-26(13-8-11(5-6-12(13)17)27-16(21,22)23)14(24)25-10-4-2-3-9(7-10)15(18,19)20/h2-8H,1H3,(H2,24,25). The molecule has 2 N–H and O–H groups in total. The number of rotatable bonds is 3. The molecule has 0 atom stereocenters. The Labute approximate surface area is 163 Å². The van der Waals surface area contributed by atoms with Gasteiger partial charge in [0.05, 0.1) is 11.3 Å². The van der Waals surface area contributed by atoms with Gasteiger partial charge in [0.15, 0.2) is 5.96 Å². The van der Waals surface area contributed by atoms with Crippen molar-refractivity contribution in [1.29, 1.82) is 5.41 Å². The minimum absolute atomic E-state index is 0.0265. The highest BCUT2D eigenvalue weighted by Crippen LogP contribution is 2.40. The first-order valence-corrected chi connectivity index (χ1v) is 8.79. The van der Waals surface area contributed by atoms with Crippen LogP contribution in [0.3, 0.4) is 0 Å². The van der Waals surface area contributed by atoms with Gasteiger partial charge in [-0.15, -0.1) is 0 Å². The van der Waals surface area contributed by atoms with Crippen molar-refractivity contribution in [2.24, 2.45) is 0 Å². The van der Waals surface area contributed by atoms with Crippen LogP contribution in [0.2, 0.25) is 0 Å². The number of nitrogens with zero attached hydrogens (tertiary/aromatic N) is 1. The van der Waals surface area contributed by atoms with Gasteiger partial charge in [-0.3, -0.25) is 5.41 Å². The van der Waals surface area contributed by atoms with E-state index in [4.69, 9.17) is 5.41 Å². The zero-order chi connectivity index (χ0) is 20.4. The summed E-state index contributed by atoms with van der Waals surface area (Å²) < 4.78 is 76.4. The van der Waals surface area contributed by atoms with E-state index >= 15 is 0 Å². The van der Waals surface area contributed by atoms with Gasteiger partial charge in [-0.25, -0.2) is 0 Å². The molecule has 3 nitrogen and oxygen atoms in total. The van der Waals surface area contributed by atoms with E-state index in [1.165, 1.54) is 42.3 Å². The quantitative estimate of drug-likeness (QED) is 0.230. The molecular weight excluding hydrogens is 460 g/mol. The molecule has 11 heteroatoms. The molecule has 2 aromatic carbocycles. The lowest BCUT2D eigenvalue weighted by Crippen LogP contribution is -2.32. The van der Waals surface area contributed by atoms with Crippen LogP contribution < -0.4 is 10.2 Å². The monoisotopic (exact) mass is 471 g/mol. The van der Waals surface area contributed by atoms with Gasteiger partial charge >= 0.3 is 11.7 Å². The summed E-state index contributed by atoms with van der Waals surface area (Å²) >= 11 is 2.89. The molecule has 0 amide bonds. The summed E-state index contributed by atoms with van der Waals surface area (Å²) in [6, 6.07) is 8.17. The Hall–Kier alpha value is -1.88. The zero-order valence-electron chi connectivity index (χ0n) is 13.5. The molecule has 0 fully saturated rings. The fraction of sp³-hybridized carbons (Fsp3) is 0.188. The SMILES string of the molecule is CN(C(=N)Nc1cccc(C(F)(F)F)c1)c1cc(SC(F)(F)F)ccc1Br. The fourth-order valence-corrected chi connectivity index (χ4v) is 3.15. The molecule has 0 aliphatic rings. The van der Waals surface area contributed by atoms with Gasteiger partial charge in [0.1, 0.15) is 0 Å². The van der Waals surface area contributed by atoms with Crippen molar-refractivity contribution in [3.63, 3.8) is 0 Å². The molecule has 0 spiro atoms. The number of halogens is 7. The summed E-state index contributed by atoms with van der Waals surface area (Å²) in [5.74, 6) is -0.316. The average Bonchev–Trinajstić information content (AvgIpc) is 2.54. The summed E-state index contributed by atoms with van der Waals surface area (Å²) in [5, 5.41) is 10.5. The Morgan fingerprint density at radius 2 is 1.74 bits per heavy atom. The predicted molar refractivity (Wildman–Crippen MR) is 97.3 cm³/mol. The molecule has 27 heavy (non-hydrogen) atoms. The third kappa shape index (κ3) is 6.06. The molecule has 0 aliphatic carbocycles. The molecule has 0 unspecified atom stereocenters. The normalized spacial score (nSPS) is 12.0. The second-order valence-corrected chi connectivity index (χ2v) is 7.26. The van der Waals surface area contributed by atoms with Gasteiger partial charge < -0.3 is 10.2 Å². The summed E-state index contributed by atoms with van der Waals surface area (Å²) in [4.78, 5) is 1.13. The number of alkyl halides is 6. The van der Waals surface area contributed by atoms with Crippen LogP contribution in [-0.4, -0.2) is 18.5 Å². The molecule has 0 saturated carbocycles. The lowest BCUT2D eigenvalue weighted by atomic mass is 10.2. The van der Waals surface area contributed by atoms with Gasteiger partial charge in [0.2, 0.25) is 0 Å². The molecule has 2 aromatic rings. The minimum atomic E-state index is -4.53. The predicted octanol–water partition coefficient (Wildman–Crippen LogP) is 6.56. The van der Waals surface area contributed by atoms with Crippen LogP contribution in [0.25, 0.3) is 0 Å². The van der Waals surface area contributed by atoms with Crippen LogP contribution in [0, 0.1) is 5.41 Å². The molecule has 0 aromatic heterocycles. The fourth-order valence-electron chi connectivity index (χ4n) is 2.06. The average molecular weight is 472 g/mol. The zero-order valence-corrected chi connectivity index (χ0v) is 15.9. The molecule has 0 radical (unpaired) electrons. The van der Waals surface area contributed by atoms with Crippen LogP contribution in [0.1, 0.15) is 5.56 Å². The Morgan fingerprint density at radius 3 is 2.33 bits per heavy atom. The van der Waals surface area contributed by atoms with Crippen LogP contribution >= 0.6 is 27.7 Å². The molecule has 146 valence electrons. The third-order valence-corrected chi connectivity index (χ3v) is 4.69. The van der Waals surface area contributed by atoms with Gasteiger partial charge in [-0.1, -0.05) is 6.07 Å². The molecule has 0 heterocycles. The van der Waals surface area contributed by atoms with Crippen molar-refractivity contribution in [3.05, 3.63) is 52.5 Å². The molecule has 2 rings (SSSR count). The Bertz CT molecular complexity index is 838. The van der Waals surface area contributed by atoms with E-state index in [9.17, 15) is 26.3 Å². The van der Waals surface area contributed by atoms with Crippen molar-refractivity contribution in [2.75, 3.05) is 17.3 Å². The minimum Gasteiger partial charge on any atom is -0.326 e. The lowest BCUT2D eigenvalue weighted by molar-refractivity contribution is -0.137. The van der Waals surface area contributed by atoms with Crippen molar-refractivity contribution < 1.29 is 26.3 Å². The van der Waals surface area contributed by atoms with Crippen molar-refractivity contribution in [3.8, 4) is 0 Å². The number of nitrogens with one attached hydrogen (secondary N) is 2. The highest BCUT2D eigenvalue weighted by Gasteiger charge is 2.31. The Balaban J connectivity index is 2.21. The van der Waals surface area contributed by atoms with Crippen molar-refractivity contribution in [2.45, 2.75) is 16.6 Å². The maximum Gasteiger partial charge on any atom is 0.446 e. The van der Waals surface area contributed by atoms with Crippen molar-refractivity contribution >= 4 is 45.0 Å². The molecule has 0 aliphatic heterocycles. The first-order chi connectivity index (χ1) is 12.4. The van der Waals surface area contributed by atoms with E-state index < -0.39 is 17.2 Å². The first kappa shape index (κ1) is 21.4. The number of thioether (sulfide) groups is 1. The van der Waals surface area contributed by atoms with E-state index in [1.54, 1.807) is 0 Å². The van der Waals surface area contributed by atoms with Crippen molar-refractivity contribution in [1.82, 2.24) is 0 Å². The number of hydrogen-bond acceptors (Lipinski definition) is 2. The first-order valence-electron chi connectivity index (χ1n) is 7.18. The lowest BCUT2D eigenvalue weighted by Gasteiger charge is -2.23. The second kappa shape index (κ2) is 8.01. The van der Waals surface area contributed by atoms with E-state index in [-0.39, 0.29) is 34.0 Å². The summed E-state index contributed by atoms with van der Waals surface area (Å²) in [7, 11) is 1.41. The smallest absolute Gasteiger partial charge is 0.326 e. The van der Waals surface area contributed by atoms with Gasteiger partial charge in [-0.2, -0.15) is 26.3 Å². The Kier molecular flexibility index (Phi) is 6.35. The number of hydrogen-bond donors (Lipinski definition) is 2. The van der Waals surface area contributed by atoms with Crippen LogP contribution in [0.15, 0.2) is 51.8 Å².